The Labute approximate surface area is 126 Å². The van der Waals surface area contributed by atoms with Crippen LogP contribution in [0.15, 0.2) is 48.8 Å². The molecule has 0 bridgehead atoms. The number of pyridine rings is 1. The Morgan fingerprint density at radius 3 is 2.45 bits per heavy atom. The number of rotatable bonds is 5. The van der Waals surface area contributed by atoms with Gasteiger partial charge >= 0.3 is 6.03 Å². The van der Waals surface area contributed by atoms with Gasteiger partial charge in [-0.2, -0.15) is 0 Å². The number of aliphatic hydroxyl groups is 1. The van der Waals surface area contributed by atoms with Crippen LogP contribution in [0.4, 0.5) is 16.2 Å². The predicted octanol–water partition coefficient (Wildman–Crippen LogP) is 1.84. The summed E-state index contributed by atoms with van der Waals surface area (Å²) in [5.41, 5.74) is 1.01. The number of nitrogens with one attached hydrogen (secondary N) is 2. The van der Waals surface area contributed by atoms with Crippen LogP contribution in [0.3, 0.4) is 0 Å². The molecule has 2 rings (SSSR count). The van der Waals surface area contributed by atoms with Gasteiger partial charge in [0.15, 0.2) is 0 Å². The predicted molar refractivity (Wildman–Crippen MR) is 79.3 cm³/mol. The summed E-state index contributed by atoms with van der Waals surface area (Å²) in [6.07, 6.45) is 2.13. The van der Waals surface area contributed by atoms with Crippen LogP contribution in [0.25, 0.3) is 0 Å². The monoisotopic (exact) mass is 302 g/mol. The molecule has 2 aromatic rings. The number of amides is 2. The zero-order valence-corrected chi connectivity index (χ0v) is 11.5. The fourth-order valence-electron chi connectivity index (χ4n) is 1.74. The van der Waals surface area contributed by atoms with E-state index in [4.69, 9.17) is 0 Å². The molecule has 2 amide bonds. The SMILES string of the molecule is O=C(NC[C@@H](O)c1ccc([N+](=O)[O-])cc1)Nc1ccncc1. The first kappa shape index (κ1) is 15.4. The molecule has 8 nitrogen and oxygen atoms in total. The van der Waals surface area contributed by atoms with E-state index in [1.165, 1.54) is 24.3 Å². The van der Waals surface area contributed by atoms with Gasteiger partial charge in [-0.15, -0.1) is 0 Å². The van der Waals surface area contributed by atoms with Gasteiger partial charge in [-0.25, -0.2) is 4.79 Å². The third kappa shape index (κ3) is 4.25. The molecule has 3 N–H and O–H groups in total. The highest BCUT2D eigenvalue weighted by Gasteiger charge is 2.11. The molecular weight excluding hydrogens is 288 g/mol. The van der Waals surface area contributed by atoms with Crippen LogP contribution in [0.2, 0.25) is 0 Å². The second-order valence-corrected chi connectivity index (χ2v) is 4.44. The number of urea groups is 1. The molecule has 1 atom stereocenters. The number of aromatic nitrogens is 1. The molecule has 0 aliphatic rings. The number of benzene rings is 1. The van der Waals surface area contributed by atoms with E-state index in [1.807, 2.05) is 0 Å². The number of nitro benzene ring substituents is 1. The number of nitrogens with zero attached hydrogens (tertiary/aromatic N) is 2. The fraction of sp³-hybridized carbons (Fsp3) is 0.143. The zero-order chi connectivity index (χ0) is 15.9. The molecule has 0 aliphatic heterocycles. The Morgan fingerprint density at radius 1 is 1.23 bits per heavy atom. The summed E-state index contributed by atoms with van der Waals surface area (Å²) in [6.45, 7) is -0.0191. The van der Waals surface area contributed by atoms with Crippen molar-refractivity contribution in [2.24, 2.45) is 0 Å². The Hall–Kier alpha value is -3.00. The summed E-state index contributed by atoms with van der Waals surface area (Å²) >= 11 is 0. The van der Waals surface area contributed by atoms with E-state index in [9.17, 15) is 20.0 Å². The Bertz CT molecular complexity index is 646. The number of nitro groups is 1. The van der Waals surface area contributed by atoms with Crippen LogP contribution in [0, 0.1) is 10.1 Å². The van der Waals surface area contributed by atoms with Gasteiger partial charge in [0.1, 0.15) is 0 Å². The van der Waals surface area contributed by atoms with Gasteiger partial charge in [0, 0.05) is 36.8 Å². The Morgan fingerprint density at radius 2 is 1.86 bits per heavy atom. The summed E-state index contributed by atoms with van der Waals surface area (Å²) < 4.78 is 0. The number of aliphatic hydroxyl groups excluding tert-OH is 1. The van der Waals surface area contributed by atoms with E-state index in [0.717, 1.165) is 0 Å². The standard InChI is InChI=1S/C14H14N4O4/c19-13(10-1-3-12(4-2-10)18(21)22)9-16-14(20)17-11-5-7-15-8-6-11/h1-8,13,19H,9H2,(H2,15,16,17,20)/t13-/m1/s1. The zero-order valence-electron chi connectivity index (χ0n) is 11.5. The third-order valence-corrected chi connectivity index (χ3v) is 2.88. The molecule has 0 unspecified atom stereocenters. The molecular formula is C14H14N4O4. The van der Waals surface area contributed by atoms with Crippen LogP contribution in [-0.4, -0.2) is 27.6 Å². The minimum atomic E-state index is -0.955. The molecule has 22 heavy (non-hydrogen) atoms. The molecule has 0 radical (unpaired) electrons. The largest absolute Gasteiger partial charge is 0.387 e. The number of carbonyl (C=O) groups excluding carboxylic acids is 1. The normalized spacial score (nSPS) is 11.5. The van der Waals surface area contributed by atoms with E-state index in [-0.39, 0.29) is 12.2 Å². The summed E-state index contributed by atoms with van der Waals surface area (Å²) in [5.74, 6) is 0. The van der Waals surface area contributed by atoms with Gasteiger partial charge in [0.05, 0.1) is 11.0 Å². The van der Waals surface area contributed by atoms with Crippen LogP contribution < -0.4 is 10.6 Å². The van der Waals surface area contributed by atoms with Crippen LogP contribution in [0.5, 0.6) is 0 Å². The third-order valence-electron chi connectivity index (χ3n) is 2.88. The van der Waals surface area contributed by atoms with E-state index >= 15 is 0 Å². The van der Waals surface area contributed by atoms with Crippen molar-refractivity contribution in [2.75, 3.05) is 11.9 Å². The molecule has 114 valence electrons. The number of anilines is 1. The smallest absolute Gasteiger partial charge is 0.319 e. The van der Waals surface area contributed by atoms with E-state index in [1.54, 1.807) is 24.5 Å². The number of hydrogen-bond acceptors (Lipinski definition) is 5. The first-order valence-corrected chi connectivity index (χ1v) is 6.43. The van der Waals surface area contributed by atoms with Crippen LogP contribution in [0.1, 0.15) is 11.7 Å². The minimum absolute atomic E-state index is 0.0191. The highest BCUT2D eigenvalue weighted by Crippen LogP contribution is 2.17. The van der Waals surface area contributed by atoms with Gasteiger partial charge in [-0.3, -0.25) is 15.1 Å². The number of hydrogen-bond donors (Lipinski definition) is 3. The molecule has 1 heterocycles. The van der Waals surface area contributed by atoms with E-state index < -0.39 is 17.1 Å². The lowest BCUT2D eigenvalue weighted by Gasteiger charge is -2.12. The number of non-ortho nitro benzene ring substituents is 1. The quantitative estimate of drug-likeness (QED) is 0.575. The van der Waals surface area contributed by atoms with Crippen LogP contribution in [-0.2, 0) is 0 Å². The summed E-state index contributed by atoms with van der Waals surface area (Å²) in [4.78, 5) is 25.5. The molecule has 1 aromatic carbocycles. The fourth-order valence-corrected chi connectivity index (χ4v) is 1.74. The first-order chi connectivity index (χ1) is 10.6. The van der Waals surface area contributed by atoms with Crippen molar-refractivity contribution in [3.05, 3.63) is 64.5 Å². The minimum Gasteiger partial charge on any atom is -0.387 e. The van der Waals surface area contributed by atoms with Gasteiger partial charge in [-0.05, 0) is 29.8 Å². The summed E-state index contributed by atoms with van der Waals surface area (Å²) in [6, 6.07) is 8.30. The van der Waals surface area contributed by atoms with Crippen molar-refractivity contribution in [1.82, 2.24) is 10.3 Å². The Balaban J connectivity index is 1.85. The van der Waals surface area contributed by atoms with Gasteiger partial charge < -0.3 is 15.7 Å². The molecule has 8 heteroatoms. The lowest BCUT2D eigenvalue weighted by molar-refractivity contribution is -0.384. The molecule has 0 spiro atoms. The molecule has 0 saturated carbocycles. The van der Waals surface area contributed by atoms with E-state index in [0.29, 0.717) is 11.3 Å². The maximum absolute atomic E-state index is 11.6. The first-order valence-electron chi connectivity index (χ1n) is 6.43. The van der Waals surface area contributed by atoms with Crippen molar-refractivity contribution in [1.29, 1.82) is 0 Å². The highest BCUT2D eigenvalue weighted by molar-refractivity contribution is 5.89. The summed E-state index contributed by atoms with van der Waals surface area (Å²) in [5, 5.41) is 25.6. The molecule has 0 fully saturated rings. The topological polar surface area (TPSA) is 117 Å². The van der Waals surface area contributed by atoms with Gasteiger partial charge in [0.25, 0.3) is 5.69 Å². The highest BCUT2D eigenvalue weighted by atomic mass is 16.6. The second kappa shape index (κ2) is 7.14. The van der Waals surface area contributed by atoms with Gasteiger partial charge in [-0.1, -0.05) is 0 Å². The van der Waals surface area contributed by atoms with Crippen molar-refractivity contribution < 1.29 is 14.8 Å². The van der Waals surface area contributed by atoms with E-state index in [2.05, 4.69) is 15.6 Å². The maximum Gasteiger partial charge on any atom is 0.319 e. The lowest BCUT2D eigenvalue weighted by atomic mass is 10.1. The van der Waals surface area contributed by atoms with Crippen molar-refractivity contribution in [2.45, 2.75) is 6.10 Å². The number of carbonyl (C=O) groups is 1. The van der Waals surface area contributed by atoms with Crippen molar-refractivity contribution >= 4 is 17.4 Å². The summed E-state index contributed by atoms with van der Waals surface area (Å²) in [7, 11) is 0. The molecule has 0 saturated heterocycles. The average molecular weight is 302 g/mol. The van der Waals surface area contributed by atoms with Gasteiger partial charge in [0.2, 0.25) is 0 Å². The van der Waals surface area contributed by atoms with Crippen molar-refractivity contribution in [3.63, 3.8) is 0 Å². The lowest BCUT2D eigenvalue weighted by Crippen LogP contribution is -2.32. The van der Waals surface area contributed by atoms with Crippen molar-refractivity contribution in [3.8, 4) is 0 Å². The Kier molecular flexibility index (Phi) is 4.99. The molecule has 1 aromatic heterocycles. The molecule has 0 aliphatic carbocycles. The maximum atomic E-state index is 11.6. The average Bonchev–Trinajstić information content (AvgIpc) is 2.53. The van der Waals surface area contributed by atoms with Crippen LogP contribution >= 0.6 is 0 Å². The second-order valence-electron chi connectivity index (χ2n) is 4.44.